The molecule has 0 aliphatic heterocycles. The molecule has 0 aliphatic carbocycles. The normalized spacial score (nSPS) is 10.3. The molecule has 0 unspecified atom stereocenters. The van der Waals surface area contributed by atoms with Gasteiger partial charge in [-0.25, -0.2) is 0 Å². The number of carbonyl (C=O) groups is 1. The fourth-order valence-electron chi connectivity index (χ4n) is 1.91. The summed E-state index contributed by atoms with van der Waals surface area (Å²) in [6.07, 6.45) is 1.18. The first-order valence-electron chi connectivity index (χ1n) is 7.29. The molecule has 1 aromatic rings. The van der Waals surface area contributed by atoms with E-state index in [0.717, 1.165) is 30.2 Å². The third-order valence-electron chi connectivity index (χ3n) is 3.13. The van der Waals surface area contributed by atoms with Crippen LogP contribution < -0.4 is 14.8 Å². The lowest BCUT2D eigenvalue weighted by molar-refractivity contribution is -0.128. The van der Waals surface area contributed by atoms with Crippen molar-refractivity contribution >= 4 is 5.91 Å². The molecular formula is C16H26N2O3. The van der Waals surface area contributed by atoms with E-state index in [1.165, 1.54) is 0 Å². The smallest absolute Gasteiger partial charge is 0.222 e. The molecule has 1 N–H and O–H groups in total. The fraction of sp³-hybridized carbons (Fsp3) is 0.562. The highest BCUT2D eigenvalue weighted by Crippen LogP contribution is 2.31. The van der Waals surface area contributed by atoms with Crippen molar-refractivity contribution in [2.75, 3.05) is 34.4 Å². The fourth-order valence-corrected chi connectivity index (χ4v) is 1.91. The molecule has 0 radical (unpaired) electrons. The Morgan fingerprint density at radius 2 is 2.10 bits per heavy atom. The Kier molecular flexibility index (Phi) is 7.61. The van der Waals surface area contributed by atoms with Crippen molar-refractivity contribution in [3.05, 3.63) is 23.8 Å². The molecule has 0 aliphatic rings. The highest BCUT2D eigenvalue weighted by atomic mass is 16.5. The minimum absolute atomic E-state index is 0.117. The summed E-state index contributed by atoms with van der Waals surface area (Å²) >= 11 is 0. The maximum atomic E-state index is 11.5. The Morgan fingerprint density at radius 3 is 2.71 bits per heavy atom. The van der Waals surface area contributed by atoms with Gasteiger partial charge in [0, 0.05) is 32.6 Å². The SMILES string of the molecule is CCNCc1cccc(OC)c1OCCCC(=O)N(C)C. The summed E-state index contributed by atoms with van der Waals surface area (Å²) in [5.41, 5.74) is 1.06. The Morgan fingerprint density at radius 1 is 1.33 bits per heavy atom. The number of hydrogen-bond donors (Lipinski definition) is 1. The van der Waals surface area contributed by atoms with Crippen LogP contribution in [0.4, 0.5) is 0 Å². The van der Waals surface area contributed by atoms with Crippen molar-refractivity contribution in [1.29, 1.82) is 0 Å². The molecule has 0 saturated carbocycles. The molecule has 1 aromatic carbocycles. The zero-order chi connectivity index (χ0) is 15.7. The Bertz CT molecular complexity index is 447. The first kappa shape index (κ1) is 17.3. The van der Waals surface area contributed by atoms with Crippen molar-refractivity contribution in [3.63, 3.8) is 0 Å². The van der Waals surface area contributed by atoms with Crippen molar-refractivity contribution in [2.24, 2.45) is 0 Å². The molecule has 1 amide bonds. The van der Waals surface area contributed by atoms with Crippen LogP contribution in [-0.2, 0) is 11.3 Å². The lowest BCUT2D eigenvalue weighted by atomic mass is 10.2. The van der Waals surface area contributed by atoms with Gasteiger partial charge in [-0.2, -0.15) is 0 Å². The number of ether oxygens (including phenoxy) is 2. The van der Waals surface area contributed by atoms with Crippen molar-refractivity contribution in [3.8, 4) is 11.5 Å². The molecular weight excluding hydrogens is 268 g/mol. The van der Waals surface area contributed by atoms with Gasteiger partial charge in [0.15, 0.2) is 11.5 Å². The maximum Gasteiger partial charge on any atom is 0.222 e. The number of benzene rings is 1. The Hall–Kier alpha value is -1.75. The summed E-state index contributed by atoms with van der Waals surface area (Å²) in [5, 5.41) is 3.28. The van der Waals surface area contributed by atoms with Crippen LogP contribution in [-0.4, -0.2) is 45.2 Å². The van der Waals surface area contributed by atoms with Crippen LogP contribution in [0.25, 0.3) is 0 Å². The molecule has 0 fully saturated rings. The average molecular weight is 294 g/mol. The highest BCUT2D eigenvalue weighted by molar-refractivity contribution is 5.75. The molecule has 0 aromatic heterocycles. The summed E-state index contributed by atoms with van der Waals surface area (Å²) in [5.74, 6) is 1.61. The minimum Gasteiger partial charge on any atom is -0.493 e. The van der Waals surface area contributed by atoms with E-state index < -0.39 is 0 Å². The van der Waals surface area contributed by atoms with E-state index in [-0.39, 0.29) is 5.91 Å². The zero-order valence-electron chi connectivity index (χ0n) is 13.4. The van der Waals surface area contributed by atoms with E-state index in [1.807, 2.05) is 18.2 Å². The highest BCUT2D eigenvalue weighted by Gasteiger charge is 2.11. The second-order valence-corrected chi connectivity index (χ2v) is 4.97. The molecule has 1 rings (SSSR count). The third-order valence-corrected chi connectivity index (χ3v) is 3.13. The zero-order valence-corrected chi connectivity index (χ0v) is 13.4. The summed E-state index contributed by atoms with van der Waals surface area (Å²) < 4.78 is 11.2. The van der Waals surface area contributed by atoms with Gasteiger partial charge in [-0.15, -0.1) is 0 Å². The predicted octanol–water partition coefficient (Wildman–Crippen LogP) is 2.05. The van der Waals surface area contributed by atoms with E-state index in [4.69, 9.17) is 9.47 Å². The number of nitrogens with one attached hydrogen (secondary N) is 1. The summed E-state index contributed by atoms with van der Waals surface area (Å²) in [6, 6.07) is 5.86. The van der Waals surface area contributed by atoms with E-state index in [0.29, 0.717) is 19.4 Å². The van der Waals surface area contributed by atoms with Crippen molar-refractivity contribution in [1.82, 2.24) is 10.2 Å². The molecule has 5 heteroatoms. The summed E-state index contributed by atoms with van der Waals surface area (Å²) in [7, 11) is 5.16. The number of methoxy groups -OCH3 is 1. The molecule has 5 nitrogen and oxygen atoms in total. The summed E-state index contributed by atoms with van der Waals surface area (Å²) in [4.78, 5) is 13.1. The lowest BCUT2D eigenvalue weighted by Gasteiger charge is -2.16. The molecule has 0 spiro atoms. The van der Waals surface area contributed by atoms with E-state index >= 15 is 0 Å². The number of rotatable bonds is 9. The third kappa shape index (κ3) is 5.63. The second-order valence-electron chi connectivity index (χ2n) is 4.97. The molecule has 118 valence electrons. The van der Waals surface area contributed by atoms with Gasteiger partial charge < -0.3 is 19.7 Å². The first-order valence-corrected chi connectivity index (χ1v) is 7.29. The predicted molar refractivity (Wildman–Crippen MR) is 83.8 cm³/mol. The standard InChI is InChI=1S/C16H26N2O3/c1-5-17-12-13-8-6-9-14(20-4)16(13)21-11-7-10-15(19)18(2)3/h6,8-9,17H,5,7,10-12H2,1-4H3. The van der Waals surface area contributed by atoms with E-state index in [9.17, 15) is 4.79 Å². The van der Waals surface area contributed by atoms with Crippen molar-refractivity contribution < 1.29 is 14.3 Å². The van der Waals surface area contributed by atoms with Crippen LogP contribution in [0.15, 0.2) is 18.2 Å². The van der Waals surface area contributed by atoms with Gasteiger partial charge in [0.25, 0.3) is 0 Å². The van der Waals surface area contributed by atoms with E-state index in [2.05, 4.69) is 12.2 Å². The van der Waals surface area contributed by atoms with Crippen LogP contribution in [0.2, 0.25) is 0 Å². The molecule has 0 atom stereocenters. The second kappa shape index (κ2) is 9.23. The van der Waals surface area contributed by atoms with Gasteiger partial charge in [0.2, 0.25) is 5.91 Å². The minimum atomic E-state index is 0.117. The number of nitrogens with zero attached hydrogens (tertiary/aromatic N) is 1. The largest absolute Gasteiger partial charge is 0.493 e. The maximum absolute atomic E-state index is 11.5. The Labute approximate surface area is 127 Å². The van der Waals surface area contributed by atoms with E-state index in [1.54, 1.807) is 26.1 Å². The van der Waals surface area contributed by atoms with Gasteiger partial charge >= 0.3 is 0 Å². The van der Waals surface area contributed by atoms with Crippen LogP contribution in [0.1, 0.15) is 25.3 Å². The van der Waals surface area contributed by atoms with Crippen LogP contribution in [0.3, 0.4) is 0 Å². The van der Waals surface area contributed by atoms with Gasteiger partial charge in [-0.3, -0.25) is 4.79 Å². The molecule has 0 saturated heterocycles. The lowest BCUT2D eigenvalue weighted by Crippen LogP contribution is -2.21. The van der Waals surface area contributed by atoms with Crippen LogP contribution in [0, 0.1) is 0 Å². The van der Waals surface area contributed by atoms with Crippen LogP contribution >= 0.6 is 0 Å². The molecule has 21 heavy (non-hydrogen) atoms. The van der Waals surface area contributed by atoms with Crippen molar-refractivity contribution in [2.45, 2.75) is 26.3 Å². The topological polar surface area (TPSA) is 50.8 Å². The molecule has 0 heterocycles. The van der Waals surface area contributed by atoms with Crippen LogP contribution in [0.5, 0.6) is 11.5 Å². The molecule has 0 bridgehead atoms. The van der Waals surface area contributed by atoms with Gasteiger partial charge in [-0.1, -0.05) is 19.1 Å². The summed E-state index contributed by atoms with van der Waals surface area (Å²) in [6.45, 7) is 4.19. The number of para-hydroxylation sites is 1. The van der Waals surface area contributed by atoms with Gasteiger partial charge in [0.05, 0.1) is 13.7 Å². The average Bonchev–Trinajstić information content (AvgIpc) is 2.49. The Balaban J connectivity index is 2.61. The van der Waals surface area contributed by atoms with Gasteiger partial charge in [-0.05, 0) is 19.0 Å². The number of amides is 1. The first-order chi connectivity index (χ1) is 10.1. The quantitative estimate of drug-likeness (QED) is 0.708. The monoisotopic (exact) mass is 294 g/mol. The van der Waals surface area contributed by atoms with Gasteiger partial charge in [0.1, 0.15) is 0 Å². The number of carbonyl (C=O) groups excluding carboxylic acids is 1. The number of hydrogen-bond acceptors (Lipinski definition) is 4.